The maximum absolute atomic E-state index is 11.5. The zero-order valence-corrected chi connectivity index (χ0v) is 14.0. The molecular weight excluding hydrogens is 336 g/mol. The molecule has 21 heavy (non-hydrogen) atoms. The first kappa shape index (κ1) is 16.1. The van der Waals surface area contributed by atoms with E-state index < -0.39 is 0 Å². The molecule has 0 saturated heterocycles. The van der Waals surface area contributed by atoms with E-state index in [4.69, 9.17) is 9.47 Å². The van der Waals surface area contributed by atoms with Crippen LogP contribution in [0.1, 0.15) is 24.8 Å². The van der Waals surface area contributed by atoms with Gasteiger partial charge in [0, 0.05) is 25.6 Å². The number of carbonyl (C=O) groups excluding carboxylic acids is 1. The fourth-order valence-electron chi connectivity index (χ4n) is 2.04. The van der Waals surface area contributed by atoms with Crippen molar-refractivity contribution >= 4 is 21.8 Å². The molecule has 1 saturated carbocycles. The van der Waals surface area contributed by atoms with Gasteiger partial charge in [0.25, 0.3) is 0 Å². The lowest BCUT2D eigenvalue weighted by molar-refractivity contribution is -0.121. The Labute approximate surface area is 133 Å². The van der Waals surface area contributed by atoms with Gasteiger partial charge in [-0.25, -0.2) is 0 Å². The van der Waals surface area contributed by atoms with Crippen molar-refractivity contribution in [3.8, 4) is 11.5 Å². The molecule has 0 unspecified atom stereocenters. The third kappa shape index (κ3) is 4.89. The number of carbonyl (C=O) groups is 1. The SMILES string of the molecule is COc1cc(CNCCC(=O)NC2CC2)cc(Br)c1OC. The number of halogens is 1. The van der Waals surface area contributed by atoms with E-state index in [-0.39, 0.29) is 5.91 Å². The molecule has 1 aliphatic carbocycles. The minimum Gasteiger partial charge on any atom is -0.493 e. The van der Waals surface area contributed by atoms with Crippen molar-refractivity contribution in [2.45, 2.75) is 31.8 Å². The second-order valence-electron chi connectivity index (χ2n) is 5.08. The summed E-state index contributed by atoms with van der Waals surface area (Å²) in [5.74, 6) is 1.50. The number of amides is 1. The Morgan fingerprint density at radius 3 is 2.71 bits per heavy atom. The van der Waals surface area contributed by atoms with Crippen LogP contribution in [0.3, 0.4) is 0 Å². The molecule has 0 aromatic heterocycles. The fourth-order valence-corrected chi connectivity index (χ4v) is 2.69. The van der Waals surface area contributed by atoms with Gasteiger partial charge < -0.3 is 20.1 Å². The van der Waals surface area contributed by atoms with Crippen molar-refractivity contribution in [2.75, 3.05) is 20.8 Å². The summed E-state index contributed by atoms with van der Waals surface area (Å²) in [5, 5.41) is 6.24. The molecule has 1 aromatic carbocycles. The van der Waals surface area contributed by atoms with Crippen LogP contribution < -0.4 is 20.1 Å². The van der Waals surface area contributed by atoms with Crippen LogP contribution in [0.5, 0.6) is 11.5 Å². The molecular formula is C15H21BrN2O3. The van der Waals surface area contributed by atoms with Crippen molar-refractivity contribution in [3.63, 3.8) is 0 Å². The standard InChI is InChI=1S/C15H21BrN2O3/c1-20-13-8-10(7-12(16)15(13)21-2)9-17-6-5-14(19)18-11-3-4-11/h7-8,11,17H,3-6,9H2,1-2H3,(H,18,19). The minimum atomic E-state index is 0.124. The Bertz CT molecular complexity index is 504. The van der Waals surface area contributed by atoms with E-state index in [2.05, 4.69) is 26.6 Å². The zero-order chi connectivity index (χ0) is 15.2. The molecule has 0 bridgehead atoms. The smallest absolute Gasteiger partial charge is 0.221 e. The van der Waals surface area contributed by atoms with Gasteiger partial charge in [0.1, 0.15) is 0 Å². The number of rotatable bonds is 8. The Hall–Kier alpha value is -1.27. The Morgan fingerprint density at radius 2 is 2.10 bits per heavy atom. The molecule has 0 aliphatic heterocycles. The highest BCUT2D eigenvalue weighted by molar-refractivity contribution is 9.10. The minimum absolute atomic E-state index is 0.124. The predicted molar refractivity (Wildman–Crippen MR) is 84.7 cm³/mol. The highest BCUT2D eigenvalue weighted by Gasteiger charge is 2.22. The predicted octanol–water partition coefficient (Wildman–Crippen LogP) is 2.22. The highest BCUT2D eigenvalue weighted by Crippen LogP contribution is 2.36. The lowest BCUT2D eigenvalue weighted by Gasteiger charge is -2.12. The van der Waals surface area contributed by atoms with Crippen LogP contribution in [0.25, 0.3) is 0 Å². The average molecular weight is 357 g/mol. The molecule has 116 valence electrons. The molecule has 2 rings (SSSR count). The van der Waals surface area contributed by atoms with Gasteiger partial charge >= 0.3 is 0 Å². The van der Waals surface area contributed by atoms with Gasteiger partial charge in [-0.2, -0.15) is 0 Å². The third-order valence-corrected chi connectivity index (χ3v) is 3.88. The normalized spacial score (nSPS) is 13.9. The fraction of sp³-hybridized carbons (Fsp3) is 0.533. The molecule has 6 heteroatoms. The van der Waals surface area contributed by atoms with Gasteiger partial charge in [0.05, 0.1) is 18.7 Å². The molecule has 1 aromatic rings. The van der Waals surface area contributed by atoms with Gasteiger partial charge in [-0.05, 0) is 46.5 Å². The molecule has 0 spiro atoms. The van der Waals surface area contributed by atoms with Crippen molar-refractivity contribution in [1.82, 2.24) is 10.6 Å². The van der Waals surface area contributed by atoms with E-state index in [1.165, 1.54) is 0 Å². The molecule has 0 radical (unpaired) electrons. The molecule has 0 heterocycles. The van der Waals surface area contributed by atoms with Crippen LogP contribution in [0, 0.1) is 0 Å². The van der Waals surface area contributed by atoms with Crippen LogP contribution in [0.15, 0.2) is 16.6 Å². The summed E-state index contributed by atoms with van der Waals surface area (Å²) < 4.78 is 11.4. The van der Waals surface area contributed by atoms with Gasteiger partial charge in [-0.15, -0.1) is 0 Å². The summed E-state index contributed by atoms with van der Waals surface area (Å²) in [4.78, 5) is 11.5. The number of ether oxygens (including phenoxy) is 2. The zero-order valence-electron chi connectivity index (χ0n) is 12.4. The maximum atomic E-state index is 11.5. The first-order valence-electron chi connectivity index (χ1n) is 7.04. The van der Waals surface area contributed by atoms with E-state index in [0.717, 1.165) is 22.9 Å². The van der Waals surface area contributed by atoms with Crippen LogP contribution in [-0.2, 0) is 11.3 Å². The molecule has 5 nitrogen and oxygen atoms in total. The monoisotopic (exact) mass is 356 g/mol. The second kappa shape index (κ2) is 7.66. The van der Waals surface area contributed by atoms with E-state index in [1.807, 2.05) is 12.1 Å². The van der Waals surface area contributed by atoms with Gasteiger partial charge in [-0.1, -0.05) is 0 Å². The first-order valence-corrected chi connectivity index (χ1v) is 7.83. The quantitative estimate of drug-likeness (QED) is 0.701. The first-order chi connectivity index (χ1) is 10.1. The van der Waals surface area contributed by atoms with E-state index >= 15 is 0 Å². The summed E-state index contributed by atoms with van der Waals surface area (Å²) in [6, 6.07) is 4.35. The van der Waals surface area contributed by atoms with Crippen molar-refractivity contribution in [1.29, 1.82) is 0 Å². The van der Waals surface area contributed by atoms with Crippen LogP contribution in [0.2, 0.25) is 0 Å². The van der Waals surface area contributed by atoms with E-state index in [9.17, 15) is 4.79 Å². The maximum Gasteiger partial charge on any atom is 0.221 e. The van der Waals surface area contributed by atoms with Crippen LogP contribution in [0.4, 0.5) is 0 Å². The van der Waals surface area contributed by atoms with Gasteiger partial charge in [0.15, 0.2) is 11.5 Å². The number of hydrogen-bond acceptors (Lipinski definition) is 4. The summed E-state index contributed by atoms with van der Waals surface area (Å²) in [7, 11) is 3.22. The molecule has 1 aliphatic rings. The molecule has 2 N–H and O–H groups in total. The molecule has 0 atom stereocenters. The summed E-state index contributed by atoms with van der Waals surface area (Å²) in [5.41, 5.74) is 1.07. The van der Waals surface area contributed by atoms with E-state index in [0.29, 0.717) is 37.1 Å². The van der Waals surface area contributed by atoms with E-state index in [1.54, 1.807) is 14.2 Å². The van der Waals surface area contributed by atoms with Crippen molar-refractivity contribution in [2.24, 2.45) is 0 Å². The molecule has 1 fully saturated rings. The number of benzene rings is 1. The third-order valence-electron chi connectivity index (χ3n) is 3.29. The lowest BCUT2D eigenvalue weighted by atomic mass is 10.2. The Morgan fingerprint density at radius 1 is 1.33 bits per heavy atom. The topological polar surface area (TPSA) is 59.6 Å². The highest BCUT2D eigenvalue weighted by atomic mass is 79.9. The van der Waals surface area contributed by atoms with Gasteiger partial charge in [0.2, 0.25) is 5.91 Å². The van der Waals surface area contributed by atoms with Crippen molar-refractivity contribution < 1.29 is 14.3 Å². The number of methoxy groups -OCH3 is 2. The number of nitrogens with one attached hydrogen (secondary N) is 2. The summed E-state index contributed by atoms with van der Waals surface area (Å²) >= 11 is 3.47. The number of hydrogen-bond donors (Lipinski definition) is 2. The van der Waals surface area contributed by atoms with Crippen LogP contribution >= 0.6 is 15.9 Å². The Balaban J connectivity index is 1.79. The average Bonchev–Trinajstić information content (AvgIpc) is 3.26. The second-order valence-corrected chi connectivity index (χ2v) is 5.94. The summed E-state index contributed by atoms with van der Waals surface area (Å²) in [6.45, 7) is 1.33. The largest absolute Gasteiger partial charge is 0.493 e. The van der Waals surface area contributed by atoms with Crippen molar-refractivity contribution in [3.05, 3.63) is 22.2 Å². The Kier molecular flexibility index (Phi) is 5.87. The van der Waals surface area contributed by atoms with Crippen LogP contribution in [-0.4, -0.2) is 32.7 Å². The molecule has 1 amide bonds. The summed E-state index contributed by atoms with van der Waals surface area (Å²) in [6.07, 6.45) is 2.75. The van der Waals surface area contributed by atoms with Gasteiger partial charge in [-0.3, -0.25) is 4.79 Å². The lowest BCUT2D eigenvalue weighted by Crippen LogP contribution is -2.29.